The Kier molecular flexibility index (Phi) is 5.12. The van der Waals surface area contributed by atoms with Crippen molar-refractivity contribution in [2.45, 2.75) is 11.4 Å². The van der Waals surface area contributed by atoms with Gasteiger partial charge in [-0.15, -0.1) is 0 Å². The number of anilines is 1. The minimum Gasteiger partial charge on any atom is -0.492 e. The zero-order valence-electron chi connectivity index (χ0n) is 13.3. The lowest BCUT2D eigenvalue weighted by molar-refractivity contribution is 0.291. The smallest absolute Gasteiger partial charge is 0.267 e. The van der Waals surface area contributed by atoms with Gasteiger partial charge in [-0.05, 0) is 24.3 Å². The molecule has 0 radical (unpaired) electrons. The maximum absolute atomic E-state index is 13.7. The van der Waals surface area contributed by atoms with Crippen LogP contribution in [0.25, 0.3) is 0 Å². The molecule has 0 aliphatic carbocycles. The van der Waals surface area contributed by atoms with Gasteiger partial charge in [-0.2, -0.15) is 5.10 Å². The molecule has 1 aromatic heterocycles. The largest absolute Gasteiger partial charge is 0.492 e. The van der Waals surface area contributed by atoms with Gasteiger partial charge in [-0.25, -0.2) is 26.9 Å². The van der Waals surface area contributed by atoms with Gasteiger partial charge < -0.3 is 4.74 Å². The minimum atomic E-state index is -4.43. The highest BCUT2D eigenvalue weighted by atomic mass is 32.2. The van der Waals surface area contributed by atoms with E-state index < -0.39 is 26.6 Å². The number of nitrogens with zero attached hydrogens (tertiary/aromatic N) is 3. The molecule has 3 rings (SSSR count). The van der Waals surface area contributed by atoms with Gasteiger partial charge in [0.1, 0.15) is 36.6 Å². The molecule has 0 saturated carbocycles. The number of halogens is 2. The van der Waals surface area contributed by atoms with Crippen LogP contribution in [0.15, 0.2) is 60.0 Å². The van der Waals surface area contributed by atoms with Crippen LogP contribution in [0.5, 0.6) is 5.75 Å². The Morgan fingerprint density at radius 2 is 1.85 bits per heavy atom. The van der Waals surface area contributed by atoms with E-state index in [9.17, 15) is 17.2 Å². The molecule has 0 aliphatic heterocycles. The van der Waals surface area contributed by atoms with Crippen LogP contribution < -0.4 is 9.46 Å². The summed E-state index contributed by atoms with van der Waals surface area (Å²) in [5.74, 6) is -1.95. The van der Waals surface area contributed by atoms with E-state index in [2.05, 4.69) is 14.8 Å². The summed E-state index contributed by atoms with van der Waals surface area (Å²) in [6, 6.07) is 8.89. The van der Waals surface area contributed by atoms with Crippen LogP contribution in [0, 0.1) is 11.6 Å². The summed E-state index contributed by atoms with van der Waals surface area (Å²) in [6.07, 6.45) is 2.94. The van der Waals surface area contributed by atoms with Crippen molar-refractivity contribution in [1.82, 2.24) is 14.8 Å². The fourth-order valence-electron chi connectivity index (χ4n) is 2.20. The molecule has 0 unspecified atom stereocenters. The molecular weight excluding hydrogens is 366 g/mol. The van der Waals surface area contributed by atoms with Crippen LogP contribution in [0.3, 0.4) is 0 Å². The van der Waals surface area contributed by atoms with E-state index in [1.165, 1.54) is 24.8 Å². The Bertz CT molecular complexity index is 974. The van der Waals surface area contributed by atoms with Crippen molar-refractivity contribution in [3.8, 4) is 5.75 Å². The van der Waals surface area contributed by atoms with Gasteiger partial charge in [0.15, 0.2) is 4.90 Å². The fourth-order valence-corrected chi connectivity index (χ4v) is 3.39. The van der Waals surface area contributed by atoms with Crippen molar-refractivity contribution in [2.75, 3.05) is 11.3 Å². The molecule has 7 nitrogen and oxygen atoms in total. The normalized spacial score (nSPS) is 11.3. The molecular formula is C16H14F2N4O3S. The SMILES string of the molecule is O=S(=O)(Nc1cccc(OCCn2cncn2)c1)c1c(F)cccc1F. The zero-order chi connectivity index (χ0) is 18.6. The van der Waals surface area contributed by atoms with E-state index in [0.717, 1.165) is 18.2 Å². The lowest BCUT2D eigenvalue weighted by atomic mass is 10.3. The molecule has 136 valence electrons. The first-order valence-electron chi connectivity index (χ1n) is 7.48. The van der Waals surface area contributed by atoms with Crippen molar-refractivity contribution < 1.29 is 21.9 Å². The number of hydrogen-bond acceptors (Lipinski definition) is 5. The predicted molar refractivity (Wildman–Crippen MR) is 89.1 cm³/mol. The summed E-state index contributed by atoms with van der Waals surface area (Å²) in [4.78, 5) is 2.77. The highest BCUT2D eigenvalue weighted by molar-refractivity contribution is 7.92. The molecule has 1 heterocycles. The van der Waals surface area contributed by atoms with Crippen LogP contribution >= 0.6 is 0 Å². The number of nitrogens with one attached hydrogen (secondary N) is 1. The van der Waals surface area contributed by atoms with Crippen molar-refractivity contribution >= 4 is 15.7 Å². The summed E-state index contributed by atoms with van der Waals surface area (Å²) in [5, 5.41) is 3.93. The van der Waals surface area contributed by atoms with E-state index in [0.29, 0.717) is 12.3 Å². The Morgan fingerprint density at radius 3 is 2.54 bits per heavy atom. The van der Waals surface area contributed by atoms with E-state index in [-0.39, 0.29) is 12.3 Å². The van der Waals surface area contributed by atoms with Gasteiger partial charge in [0, 0.05) is 6.07 Å². The van der Waals surface area contributed by atoms with E-state index in [1.54, 1.807) is 16.8 Å². The standard InChI is InChI=1S/C16H14F2N4O3S/c17-14-5-2-6-15(18)16(14)26(23,24)21-12-3-1-4-13(9-12)25-8-7-22-11-19-10-20-22/h1-6,9-11,21H,7-8H2. The average molecular weight is 380 g/mol. The lowest BCUT2D eigenvalue weighted by Crippen LogP contribution is -2.16. The molecule has 1 N–H and O–H groups in total. The Morgan fingerprint density at radius 1 is 1.12 bits per heavy atom. The molecule has 0 amide bonds. The van der Waals surface area contributed by atoms with Crippen molar-refractivity contribution in [3.05, 3.63) is 66.8 Å². The number of rotatable bonds is 7. The third kappa shape index (κ3) is 4.14. The molecule has 0 atom stereocenters. The molecule has 3 aromatic rings. The molecule has 0 bridgehead atoms. The second-order valence-corrected chi connectivity index (χ2v) is 6.81. The molecule has 0 fully saturated rings. The number of hydrogen-bond donors (Lipinski definition) is 1. The van der Waals surface area contributed by atoms with Crippen LogP contribution in [-0.4, -0.2) is 29.8 Å². The first-order chi connectivity index (χ1) is 12.5. The molecule has 2 aromatic carbocycles. The van der Waals surface area contributed by atoms with Gasteiger partial charge in [0.25, 0.3) is 10.0 Å². The van der Waals surface area contributed by atoms with Gasteiger partial charge in [0.05, 0.1) is 12.2 Å². The Balaban J connectivity index is 1.71. The summed E-state index contributed by atoms with van der Waals surface area (Å²) >= 11 is 0. The van der Waals surface area contributed by atoms with Gasteiger partial charge >= 0.3 is 0 Å². The van der Waals surface area contributed by atoms with Gasteiger partial charge in [0.2, 0.25) is 0 Å². The maximum Gasteiger partial charge on any atom is 0.267 e. The van der Waals surface area contributed by atoms with Gasteiger partial charge in [-0.3, -0.25) is 4.72 Å². The first-order valence-corrected chi connectivity index (χ1v) is 8.96. The highest BCUT2D eigenvalue weighted by Crippen LogP contribution is 2.24. The summed E-state index contributed by atoms with van der Waals surface area (Å²) in [7, 11) is -4.43. The molecule has 10 heteroatoms. The predicted octanol–water partition coefficient (Wildman–Crippen LogP) is 2.44. The second-order valence-electron chi connectivity index (χ2n) is 5.19. The van der Waals surface area contributed by atoms with Crippen LogP contribution in [-0.2, 0) is 16.6 Å². The molecule has 0 spiro atoms. The maximum atomic E-state index is 13.7. The van der Waals surface area contributed by atoms with E-state index >= 15 is 0 Å². The highest BCUT2D eigenvalue weighted by Gasteiger charge is 2.23. The molecule has 26 heavy (non-hydrogen) atoms. The van der Waals surface area contributed by atoms with E-state index in [4.69, 9.17) is 4.74 Å². The lowest BCUT2D eigenvalue weighted by Gasteiger charge is -2.11. The van der Waals surface area contributed by atoms with Crippen LogP contribution in [0.2, 0.25) is 0 Å². The van der Waals surface area contributed by atoms with Gasteiger partial charge in [-0.1, -0.05) is 12.1 Å². The summed E-state index contributed by atoms with van der Waals surface area (Å²) in [5.41, 5.74) is 0.117. The minimum absolute atomic E-state index is 0.117. The topological polar surface area (TPSA) is 86.1 Å². The Hall–Kier alpha value is -3.01. The Labute approximate surface area is 148 Å². The number of benzene rings is 2. The number of sulfonamides is 1. The third-order valence-corrected chi connectivity index (χ3v) is 4.76. The summed E-state index contributed by atoms with van der Waals surface area (Å²) in [6.45, 7) is 0.734. The fraction of sp³-hybridized carbons (Fsp3) is 0.125. The zero-order valence-corrected chi connectivity index (χ0v) is 14.2. The first kappa shape index (κ1) is 17.8. The number of ether oxygens (including phenoxy) is 1. The quantitative estimate of drug-likeness (QED) is 0.680. The van der Waals surface area contributed by atoms with Crippen molar-refractivity contribution in [3.63, 3.8) is 0 Å². The second kappa shape index (κ2) is 7.48. The molecule has 0 aliphatic rings. The van der Waals surface area contributed by atoms with E-state index in [1.807, 2.05) is 0 Å². The molecule has 0 saturated heterocycles. The number of aromatic nitrogens is 3. The monoisotopic (exact) mass is 380 g/mol. The van der Waals surface area contributed by atoms with Crippen LogP contribution in [0.4, 0.5) is 14.5 Å². The summed E-state index contributed by atoms with van der Waals surface area (Å²) < 4.78 is 61.2. The average Bonchev–Trinajstić information content (AvgIpc) is 3.08. The van der Waals surface area contributed by atoms with Crippen molar-refractivity contribution in [1.29, 1.82) is 0 Å². The van der Waals surface area contributed by atoms with Crippen LogP contribution in [0.1, 0.15) is 0 Å². The van der Waals surface area contributed by atoms with Crippen molar-refractivity contribution in [2.24, 2.45) is 0 Å². The third-order valence-electron chi connectivity index (χ3n) is 3.33.